The number of carbonyl (C=O) groups is 1. The molecule has 1 aliphatic heterocycles. The van der Waals surface area contributed by atoms with Crippen molar-refractivity contribution in [2.75, 3.05) is 20.2 Å². The van der Waals surface area contributed by atoms with Crippen LogP contribution in [0.2, 0.25) is 5.02 Å². The maximum Gasteiger partial charge on any atom is 0.256 e. The van der Waals surface area contributed by atoms with Gasteiger partial charge in [0, 0.05) is 19.3 Å². The van der Waals surface area contributed by atoms with Gasteiger partial charge in [-0.15, -0.1) is 0 Å². The van der Waals surface area contributed by atoms with E-state index < -0.39 is 0 Å². The molecule has 2 aromatic heterocycles. The summed E-state index contributed by atoms with van der Waals surface area (Å²) in [5.41, 5.74) is 2.68. The number of rotatable bonds is 3. The lowest BCUT2D eigenvalue weighted by atomic mass is 10.1. The number of benzene rings is 1. The van der Waals surface area contributed by atoms with Crippen molar-refractivity contribution >= 4 is 28.5 Å². The highest BCUT2D eigenvalue weighted by Crippen LogP contribution is 2.31. The van der Waals surface area contributed by atoms with Crippen LogP contribution in [0.4, 0.5) is 0 Å². The number of aryl methyl sites for hydroxylation is 1. The number of pyridine rings is 1. The minimum atomic E-state index is -0.0503. The lowest BCUT2D eigenvalue weighted by molar-refractivity contribution is 0.0724. The van der Waals surface area contributed by atoms with Gasteiger partial charge >= 0.3 is 0 Å². The van der Waals surface area contributed by atoms with Crippen LogP contribution in [0.15, 0.2) is 30.5 Å². The van der Waals surface area contributed by atoms with Gasteiger partial charge in [-0.05, 0) is 50.5 Å². The highest BCUT2D eigenvalue weighted by Gasteiger charge is 2.24. The van der Waals surface area contributed by atoms with Gasteiger partial charge in [0.2, 0.25) is 0 Å². The number of fused-ring (bicyclic) bond motifs is 1. The summed E-state index contributed by atoms with van der Waals surface area (Å²) in [5.74, 6) is 0.720. The zero-order chi connectivity index (χ0) is 19.0. The van der Waals surface area contributed by atoms with Crippen molar-refractivity contribution in [1.82, 2.24) is 19.7 Å². The topological polar surface area (TPSA) is 60.3 Å². The molecule has 3 heterocycles. The van der Waals surface area contributed by atoms with Crippen molar-refractivity contribution in [3.8, 4) is 11.4 Å². The van der Waals surface area contributed by atoms with Crippen molar-refractivity contribution in [2.24, 2.45) is 0 Å². The molecular formula is C20H21ClN4O2. The molecule has 1 saturated heterocycles. The lowest BCUT2D eigenvalue weighted by Gasteiger charge is -2.27. The summed E-state index contributed by atoms with van der Waals surface area (Å²) < 4.78 is 6.95. The first-order valence-corrected chi connectivity index (χ1v) is 9.45. The monoisotopic (exact) mass is 384 g/mol. The Hall–Kier alpha value is -2.60. The first-order chi connectivity index (χ1) is 13.1. The second-order valence-electron chi connectivity index (χ2n) is 6.73. The molecule has 4 rings (SSSR count). The molecule has 1 aliphatic rings. The maximum absolute atomic E-state index is 12.9. The quantitative estimate of drug-likeness (QED) is 0.684. The third-order valence-corrected chi connectivity index (χ3v) is 5.39. The van der Waals surface area contributed by atoms with Crippen LogP contribution in [-0.4, -0.2) is 45.8 Å². The number of likely N-dealkylation sites (tertiary alicyclic amines) is 1. The average molecular weight is 385 g/mol. The van der Waals surface area contributed by atoms with Crippen LogP contribution in [0.3, 0.4) is 0 Å². The Morgan fingerprint density at radius 3 is 2.52 bits per heavy atom. The van der Waals surface area contributed by atoms with Crippen molar-refractivity contribution < 1.29 is 9.53 Å². The number of nitrogens with zero attached hydrogens (tertiary/aromatic N) is 4. The molecule has 0 saturated carbocycles. The van der Waals surface area contributed by atoms with Gasteiger partial charge in [0.05, 0.1) is 34.5 Å². The van der Waals surface area contributed by atoms with Gasteiger partial charge in [0.1, 0.15) is 5.75 Å². The smallest absolute Gasteiger partial charge is 0.256 e. The minimum absolute atomic E-state index is 0.0503. The SMILES string of the molecule is COc1ccc(-n2nc(C)c3c(Cl)c(C(=O)N4CCCCC4)cnc32)cc1. The van der Waals surface area contributed by atoms with Gasteiger partial charge in [0.25, 0.3) is 5.91 Å². The van der Waals surface area contributed by atoms with Gasteiger partial charge in [-0.25, -0.2) is 9.67 Å². The molecule has 0 bridgehead atoms. The second kappa shape index (κ2) is 7.19. The number of ether oxygens (including phenoxy) is 1. The Bertz CT molecular complexity index is 991. The minimum Gasteiger partial charge on any atom is -0.497 e. The number of methoxy groups -OCH3 is 1. The predicted molar refractivity (Wildman–Crippen MR) is 105 cm³/mol. The predicted octanol–water partition coefficient (Wildman–Crippen LogP) is 4.02. The number of hydrogen-bond acceptors (Lipinski definition) is 4. The van der Waals surface area contributed by atoms with E-state index in [2.05, 4.69) is 10.1 Å². The summed E-state index contributed by atoms with van der Waals surface area (Å²) in [6.45, 7) is 3.43. The Kier molecular flexibility index (Phi) is 4.74. The van der Waals surface area contributed by atoms with Crippen molar-refractivity contribution in [2.45, 2.75) is 26.2 Å². The number of piperidine rings is 1. The van der Waals surface area contributed by atoms with Crippen LogP contribution in [0, 0.1) is 6.92 Å². The fraction of sp³-hybridized carbons (Fsp3) is 0.350. The Morgan fingerprint density at radius 2 is 1.85 bits per heavy atom. The molecule has 0 spiro atoms. The molecule has 140 valence electrons. The van der Waals surface area contributed by atoms with E-state index in [9.17, 15) is 4.79 Å². The Balaban J connectivity index is 1.77. The molecule has 0 atom stereocenters. The molecule has 6 nitrogen and oxygen atoms in total. The molecule has 1 amide bonds. The number of halogens is 1. The van der Waals surface area contributed by atoms with Gasteiger partial charge in [-0.1, -0.05) is 11.6 Å². The largest absolute Gasteiger partial charge is 0.497 e. The van der Waals surface area contributed by atoms with Crippen LogP contribution in [-0.2, 0) is 0 Å². The lowest BCUT2D eigenvalue weighted by Crippen LogP contribution is -2.35. The molecule has 1 fully saturated rings. The van der Waals surface area contributed by atoms with E-state index in [4.69, 9.17) is 16.3 Å². The second-order valence-corrected chi connectivity index (χ2v) is 7.11. The van der Waals surface area contributed by atoms with Gasteiger partial charge in [-0.3, -0.25) is 4.79 Å². The van der Waals surface area contributed by atoms with E-state index in [0.717, 1.165) is 48.4 Å². The number of carbonyl (C=O) groups excluding carboxylic acids is 1. The molecule has 3 aromatic rings. The van der Waals surface area contributed by atoms with Crippen LogP contribution in [0.25, 0.3) is 16.7 Å². The summed E-state index contributed by atoms with van der Waals surface area (Å²) in [4.78, 5) is 19.3. The first kappa shape index (κ1) is 17.8. The number of aromatic nitrogens is 3. The van der Waals surface area contributed by atoms with Gasteiger partial charge < -0.3 is 9.64 Å². The van der Waals surface area contributed by atoms with Crippen LogP contribution < -0.4 is 4.74 Å². The summed E-state index contributed by atoms with van der Waals surface area (Å²) in [7, 11) is 1.63. The summed E-state index contributed by atoms with van der Waals surface area (Å²) in [5, 5.41) is 5.74. The van der Waals surface area contributed by atoms with Crippen LogP contribution >= 0.6 is 11.6 Å². The summed E-state index contributed by atoms with van der Waals surface area (Å²) >= 11 is 6.65. The van der Waals surface area contributed by atoms with E-state index in [-0.39, 0.29) is 5.91 Å². The summed E-state index contributed by atoms with van der Waals surface area (Å²) in [6.07, 6.45) is 4.81. The van der Waals surface area contributed by atoms with E-state index in [1.807, 2.05) is 36.1 Å². The number of hydrogen-bond donors (Lipinski definition) is 0. The Labute approximate surface area is 162 Å². The fourth-order valence-electron chi connectivity index (χ4n) is 3.53. The molecule has 0 radical (unpaired) electrons. The van der Waals surface area contributed by atoms with Crippen molar-refractivity contribution in [3.63, 3.8) is 0 Å². The standard InChI is InChI=1S/C20H21ClN4O2/c1-13-17-18(21)16(20(26)24-10-4-3-5-11-24)12-22-19(17)25(23-13)14-6-8-15(27-2)9-7-14/h6-9,12H,3-5,10-11H2,1-2H3. The van der Waals surface area contributed by atoms with Crippen LogP contribution in [0.5, 0.6) is 5.75 Å². The number of amides is 1. The molecule has 27 heavy (non-hydrogen) atoms. The maximum atomic E-state index is 12.9. The third kappa shape index (κ3) is 3.14. The van der Waals surface area contributed by atoms with Crippen molar-refractivity contribution in [3.05, 3.63) is 46.7 Å². The molecule has 7 heteroatoms. The first-order valence-electron chi connectivity index (χ1n) is 9.07. The highest BCUT2D eigenvalue weighted by molar-refractivity contribution is 6.38. The van der Waals surface area contributed by atoms with E-state index in [1.165, 1.54) is 6.42 Å². The van der Waals surface area contributed by atoms with Crippen molar-refractivity contribution in [1.29, 1.82) is 0 Å². The molecule has 0 aliphatic carbocycles. The average Bonchev–Trinajstić information content (AvgIpc) is 3.06. The van der Waals surface area contributed by atoms with E-state index in [0.29, 0.717) is 16.2 Å². The normalized spacial score (nSPS) is 14.6. The zero-order valence-electron chi connectivity index (χ0n) is 15.4. The highest BCUT2D eigenvalue weighted by atomic mass is 35.5. The molecule has 1 aromatic carbocycles. The fourth-order valence-corrected chi connectivity index (χ4v) is 3.88. The van der Waals surface area contributed by atoms with Gasteiger partial charge in [-0.2, -0.15) is 5.10 Å². The zero-order valence-corrected chi connectivity index (χ0v) is 16.2. The van der Waals surface area contributed by atoms with Crippen LogP contribution in [0.1, 0.15) is 35.3 Å². The molecule has 0 N–H and O–H groups in total. The van der Waals surface area contributed by atoms with Gasteiger partial charge in [0.15, 0.2) is 5.65 Å². The summed E-state index contributed by atoms with van der Waals surface area (Å²) in [6, 6.07) is 7.56. The van der Waals surface area contributed by atoms with E-state index >= 15 is 0 Å². The Morgan fingerprint density at radius 1 is 1.15 bits per heavy atom. The molecule has 0 unspecified atom stereocenters. The van der Waals surface area contributed by atoms with E-state index in [1.54, 1.807) is 18.0 Å². The third-order valence-electron chi connectivity index (χ3n) is 5.00. The molecular weight excluding hydrogens is 364 g/mol.